The first kappa shape index (κ1) is 20.0. The zero-order valence-corrected chi connectivity index (χ0v) is 19.9. The second-order valence-electron chi connectivity index (χ2n) is 8.51. The highest BCUT2D eigenvalue weighted by molar-refractivity contribution is 9.10. The Morgan fingerprint density at radius 3 is 1.91 bits per heavy atom. The molecule has 0 N–H and O–H groups in total. The van der Waals surface area contributed by atoms with Gasteiger partial charge in [-0.1, -0.05) is 94.8 Å². The van der Waals surface area contributed by atoms with E-state index in [9.17, 15) is 0 Å². The van der Waals surface area contributed by atoms with Crippen LogP contribution in [0.5, 0.6) is 0 Å². The van der Waals surface area contributed by atoms with Crippen molar-refractivity contribution >= 4 is 37.7 Å². The summed E-state index contributed by atoms with van der Waals surface area (Å²) in [7, 11) is 0. The van der Waals surface area contributed by atoms with E-state index in [1.165, 1.54) is 55.3 Å². The summed E-state index contributed by atoms with van der Waals surface area (Å²) < 4.78 is 3.48. The molecule has 5 aromatic carbocycles. The smallest absolute Gasteiger partial charge is 0.0547 e. The van der Waals surface area contributed by atoms with Gasteiger partial charge in [0.15, 0.2) is 0 Å². The average molecular weight is 488 g/mol. The molecule has 0 saturated heterocycles. The van der Waals surface area contributed by atoms with E-state index in [1.54, 1.807) is 0 Å². The number of aromatic nitrogens is 1. The number of nitrogens with zero attached hydrogens (tertiary/aromatic N) is 1. The van der Waals surface area contributed by atoms with Gasteiger partial charge < -0.3 is 4.57 Å². The number of benzene rings is 5. The molecule has 0 saturated carbocycles. The van der Waals surface area contributed by atoms with Crippen LogP contribution in [0.4, 0.5) is 0 Å². The third-order valence-electron chi connectivity index (χ3n) is 6.28. The minimum absolute atomic E-state index is 1.11. The minimum atomic E-state index is 1.11. The molecular weight excluding hydrogens is 466 g/mol. The zero-order chi connectivity index (χ0) is 22.4. The summed E-state index contributed by atoms with van der Waals surface area (Å²) in [6.45, 7) is 2.13. The summed E-state index contributed by atoms with van der Waals surface area (Å²) in [5.41, 5.74) is 9.79. The van der Waals surface area contributed by atoms with E-state index >= 15 is 0 Å². The topological polar surface area (TPSA) is 4.93 Å². The Labute approximate surface area is 202 Å². The van der Waals surface area contributed by atoms with Crippen LogP contribution < -0.4 is 0 Å². The summed E-state index contributed by atoms with van der Waals surface area (Å²) >= 11 is 3.62. The first-order valence-corrected chi connectivity index (χ1v) is 11.9. The van der Waals surface area contributed by atoms with E-state index < -0.39 is 0 Å². The Bertz CT molecular complexity index is 1590. The predicted molar refractivity (Wildman–Crippen MR) is 144 cm³/mol. The van der Waals surface area contributed by atoms with E-state index in [4.69, 9.17) is 0 Å². The highest BCUT2D eigenvalue weighted by atomic mass is 79.9. The third-order valence-corrected chi connectivity index (χ3v) is 6.74. The molecule has 0 amide bonds. The molecule has 1 nitrogen and oxygen atoms in total. The van der Waals surface area contributed by atoms with Crippen LogP contribution in [0.1, 0.15) is 5.56 Å². The summed E-state index contributed by atoms with van der Waals surface area (Å²) in [5, 5.41) is 2.56. The van der Waals surface area contributed by atoms with Crippen molar-refractivity contribution in [3.63, 3.8) is 0 Å². The Kier molecular flexibility index (Phi) is 4.89. The molecule has 33 heavy (non-hydrogen) atoms. The van der Waals surface area contributed by atoms with Crippen LogP contribution in [0.2, 0.25) is 0 Å². The van der Waals surface area contributed by atoms with Gasteiger partial charge in [-0.05, 0) is 71.1 Å². The maximum atomic E-state index is 3.62. The molecule has 0 unspecified atom stereocenters. The molecule has 0 aliphatic carbocycles. The second kappa shape index (κ2) is 8.06. The maximum absolute atomic E-state index is 3.62. The van der Waals surface area contributed by atoms with E-state index in [-0.39, 0.29) is 0 Å². The molecule has 1 heterocycles. The molecule has 0 spiro atoms. The third kappa shape index (κ3) is 3.57. The quantitative estimate of drug-likeness (QED) is 0.234. The lowest BCUT2D eigenvalue weighted by molar-refractivity contribution is 1.18. The number of halogens is 1. The number of fused-ring (bicyclic) bond motifs is 3. The monoisotopic (exact) mass is 487 g/mol. The van der Waals surface area contributed by atoms with Gasteiger partial charge in [0.2, 0.25) is 0 Å². The number of para-hydroxylation sites is 2. The largest absolute Gasteiger partial charge is 0.309 e. The highest BCUT2D eigenvalue weighted by Crippen LogP contribution is 2.35. The van der Waals surface area contributed by atoms with E-state index in [2.05, 4.69) is 143 Å². The molecule has 0 aliphatic heterocycles. The predicted octanol–water partition coefficient (Wildman–Crippen LogP) is 9.19. The van der Waals surface area contributed by atoms with Gasteiger partial charge in [-0.2, -0.15) is 0 Å². The van der Waals surface area contributed by atoms with Crippen molar-refractivity contribution in [2.75, 3.05) is 0 Å². The molecule has 0 bridgehead atoms. The summed E-state index contributed by atoms with van der Waals surface area (Å²) in [4.78, 5) is 0. The fraction of sp³-hybridized carbons (Fsp3) is 0.0323. The lowest BCUT2D eigenvalue weighted by Crippen LogP contribution is -1.93. The molecule has 2 heteroatoms. The van der Waals surface area contributed by atoms with Gasteiger partial charge in [-0.3, -0.25) is 0 Å². The Morgan fingerprint density at radius 2 is 1.15 bits per heavy atom. The lowest BCUT2D eigenvalue weighted by atomic mass is 9.98. The first-order valence-electron chi connectivity index (χ1n) is 11.1. The lowest BCUT2D eigenvalue weighted by Gasteiger charge is -2.10. The van der Waals surface area contributed by atoms with Gasteiger partial charge in [0.05, 0.1) is 11.0 Å². The van der Waals surface area contributed by atoms with E-state index in [0.717, 1.165) is 4.47 Å². The fourth-order valence-corrected chi connectivity index (χ4v) is 5.37. The number of hydrogen-bond donors (Lipinski definition) is 0. The Hall–Kier alpha value is -3.62. The molecule has 158 valence electrons. The van der Waals surface area contributed by atoms with Gasteiger partial charge >= 0.3 is 0 Å². The van der Waals surface area contributed by atoms with Crippen LogP contribution >= 0.6 is 15.9 Å². The van der Waals surface area contributed by atoms with Crippen LogP contribution in [0, 0.1) is 6.92 Å². The molecule has 6 aromatic rings. The van der Waals surface area contributed by atoms with E-state index in [0.29, 0.717) is 0 Å². The number of aryl methyl sites for hydroxylation is 1. The fourth-order valence-electron chi connectivity index (χ4n) is 4.76. The molecule has 0 radical (unpaired) electrons. The number of hydrogen-bond acceptors (Lipinski definition) is 0. The SMILES string of the molecule is Cc1cc(Br)cc(-c2ccc(-c3ccc4c5ccccc5n(-c5ccccc5)c4c3)cc2)c1. The Morgan fingerprint density at radius 1 is 0.515 bits per heavy atom. The molecular formula is C31H22BrN. The summed E-state index contributed by atoms with van der Waals surface area (Å²) in [6, 6.07) is 41.5. The van der Waals surface area contributed by atoms with Crippen LogP contribution in [0.15, 0.2) is 120 Å². The van der Waals surface area contributed by atoms with Crippen molar-refractivity contribution in [1.29, 1.82) is 0 Å². The van der Waals surface area contributed by atoms with Crippen molar-refractivity contribution in [2.45, 2.75) is 6.92 Å². The summed E-state index contributed by atoms with van der Waals surface area (Å²) in [6.07, 6.45) is 0. The highest BCUT2D eigenvalue weighted by Gasteiger charge is 2.13. The molecule has 0 fully saturated rings. The van der Waals surface area contributed by atoms with Gasteiger partial charge in [-0.25, -0.2) is 0 Å². The van der Waals surface area contributed by atoms with E-state index in [1.807, 2.05) is 0 Å². The van der Waals surface area contributed by atoms with Crippen LogP contribution in [0.25, 0.3) is 49.7 Å². The van der Waals surface area contributed by atoms with Crippen molar-refractivity contribution in [3.05, 3.63) is 125 Å². The van der Waals surface area contributed by atoms with Gasteiger partial charge in [0.1, 0.15) is 0 Å². The summed E-state index contributed by atoms with van der Waals surface area (Å²) in [5.74, 6) is 0. The van der Waals surface area contributed by atoms with Crippen molar-refractivity contribution in [2.24, 2.45) is 0 Å². The van der Waals surface area contributed by atoms with Crippen molar-refractivity contribution in [1.82, 2.24) is 4.57 Å². The second-order valence-corrected chi connectivity index (χ2v) is 9.43. The molecule has 1 aromatic heterocycles. The van der Waals surface area contributed by atoms with Crippen LogP contribution in [-0.4, -0.2) is 4.57 Å². The molecule has 0 atom stereocenters. The standard InChI is InChI=1S/C31H22BrN/c1-21-17-25(19-26(32)18-21)23-13-11-22(12-14-23)24-15-16-29-28-9-5-6-10-30(28)33(31(29)20-24)27-7-3-2-4-8-27/h2-20H,1H3. The molecule has 0 aliphatic rings. The van der Waals surface area contributed by atoms with Crippen LogP contribution in [0.3, 0.4) is 0 Å². The first-order chi connectivity index (χ1) is 16.2. The van der Waals surface area contributed by atoms with Gasteiger partial charge in [0, 0.05) is 20.9 Å². The zero-order valence-electron chi connectivity index (χ0n) is 18.3. The van der Waals surface area contributed by atoms with Crippen molar-refractivity contribution in [3.8, 4) is 27.9 Å². The Balaban J connectivity index is 1.49. The van der Waals surface area contributed by atoms with Crippen LogP contribution in [-0.2, 0) is 0 Å². The van der Waals surface area contributed by atoms with Gasteiger partial charge in [0.25, 0.3) is 0 Å². The van der Waals surface area contributed by atoms with Gasteiger partial charge in [-0.15, -0.1) is 0 Å². The normalized spacial score (nSPS) is 11.3. The maximum Gasteiger partial charge on any atom is 0.0547 e. The minimum Gasteiger partial charge on any atom is -0.309 e. The molecule has 6 rings (SSSR count). The average Bonchev–Trinajstić information content (AvgIpc) is 3.18. The number of rotatable bonds is 3. The van der Waals surface area contributed by atoms with Crippen molar-refractivity contribution < 1.29 is 0 Å².